The summed E-state index contributed by atoms with van der Waals surface area (Å²) in [5.41, 5.74) is 7.76. The van der Waals surface area contributed by atoms with Gasteiger partial charge in [-0.3, -0.25) is 9.59 Å². The van der Waals surface area contributed by atoms with E-state index in [0.29, 0.717) is 12.0 Å². The zero-order valence-corrected chi connectivity index (χ0v) is 11.6. The molecule has 2 N–H and O–H groups in total. The first kappa shape index (κ1) is 14.8. The van der Waals surface area contributed by atoms with E-state index in [1.54, 1.807) is 0 Å². The van der Waals surface area contributed by atoms with Crippen molar-refractivity contribution in [2.75, 3.05) is 5.88 Å². The topological polar surface area (TPSA) is 65.1 Å². The van der Waals surface area contributed by atoms with Crippen molar-refractivity contribution in [2.24, 2.45) is 5.73 Å². The van der Waals surface area contributed by atoms with Gasteiger partial charge in [0.1, 0.15) is 0 Å². The number of aromatic nitrogens is 1. The predicted octanol–water partition coefficient (Wildman–Crippen LogP) is 2.18. The first-order valence-corrected chi connectivity index (χ1v) is 6.55. The number of carbonyl (C=O) groups is 2. The van der Waals surface area contributed by atoms with Gasteiger partial charge in [0.05, 0.1) is 5.88 Å². The number of nitrogens with zero attached hydrogens (tertiary/aromatic N) is 1. The number of carbonyl (C=O) groups excluding carboxylic acids is 2. The fourth-order valence-electron chi connectivity index (χ4n) is 2.07. The maximum absolute atomic E-state index is 11.6. The molecule has 0 saturated heterocycles. The molecular weight excluding hydrogens is 252 g/mol. The minimum atomic E-state index is -0.269. The molecule has 0 spiro atoms. The van der Waals surface area contributed by atoms with Crippen LogP contribution in [0.15, 0.2) is 6.07 Å². The number of ketones is 1. The Hall–Kier alpha value is -1.29. The quantitative estimate of drug-likeness (QED) is 0.469. The van der Waals surface area contributed by atoms with E-state index >= 15 is 0 Å². The fourth-order valence-corrected chi connectivity index (χ4v) is 2.21. The molecule has 0 atom stereocenters. The molecule has 0 fully saturated rings. The predicted molar refractivity (Wildman–Crippen MR) is 72.0 cm³/mol. The molecule has 0 aliphatic carbocycles. The normalized spacial score (nSPS) is 10.6. The third-order valence-electron chi connectivity index (χ3n) is 3.05. The van der Waals surface area contributed by atoms with Crippen LogP contribution in [0.3, 0.4) is 0 Å². The Kier molecular flexibility index (Phi) is 5.41. The van der Waals surface area contributed by atoms with Crippen LogP contribution in [0, 0.1) is 13.8 Å². The number of alkyl halides is 1. The van der Waals surface area contributed by atoms with Crippen molar-refractivity contribution >= 4 is 23.3 Å². The SMILES string of the molecule is Cc1cc(C(=O)CCl)c(C)n1CCCCC(N)=O. The molecule has 1 heterocycles. The lowest BCUT2D eigenvalue weighted by molar-refractivity contribution is -0.118. The van der Waals surface area contributed by atoms with E-state index in [0.717, 1.165) is 30.8 Å². The van der Waals surface area contributed by atoms with Gasteiger partial charge in [0.15, 0.2) is 5.78 Å². The monoisotopic (exact) mass is 270 g/mol. The summed E-state index contributed by atoms with van der Waals surface area (Å²) in [5.74, 6) is -0.312. The van der Waals surface area contributed by atoms with Crippen LogP contribution < -0.4 is 5.73 Å². The van der Waals surface area contributed by atoms with E-state index in [9.17, 15) is 9.59 Å². The van der Waals surface area contributed by atoms with Gasteiger partial charge in [0, 0.05) is 29.9 Å². The summed E-state index contributed by atoms with van der Waals surface area (Å²) in [6, 6.07) is 1.87. The summed E-state index contributed by atoms with van der Waals surface area (Å²) < 4.78 is 2.08. The Morgan fingerprint density at radius 2 is 2.00 bits per heavy atom. The lowest BCUT2D eigenvalue weighted by Crippen LogP contribution is -2.11. The summed E-state index contributed by atoms with van der Waals surface area (Å²) in [5, 5.41) is 0. The second-order valence-corrected chi connectivity index (χ2v) is 4.68. The van der Waals surface area contributed by atoms with Crippen LogP contribution in [0.4, 0.5) is 0 Å². The Morgan fingerprint density at radius 1 is 1.33 bits per heavy atom. The molecule has 0 bridgehead atoms. The number of aryl methyl sites for hydroxylation is 1. The highest BCUT2D eigenvalue weighted by Gasteiger charge is 2.14. The first-order chi connectivity index (χ1) is 8.47. The van der Waals surface area contributed by atoms with Crippen molar-refractivity contribution < 1.29 is 9.59 Å². The van der Waals surface area contributed by atoms with Crippen molar-refractivity contribution in [2.45, 2.75) is 39.7 Å². The Morgan fingerprint density at radius 3 is 2.56 bits per heavy atom. The van der Waals surface area contributed by atoms with E-state index < -0.39 is 0 Å². The van der Waals surface area contributed by atoms with E-state index in [-0.39, 0.29) is 17.6 Å². The van der Waals surface area contributed by atoms with Crippen LogP contribution >= 0.6 is 11.6 Å². The molecule has 18 heavy (non-hydrogen) atoms. The van der Waals surface area contributed by atoms with Crippen molar-refractivity contribution in [3.63, 3.8) is 0 Å². The van der Waals surface area contributed by atoms with Gasteiger partial charge < -0.3 is 10.3 Å². The average molecular weight is 271 g/mol. The van der Waals surface area contributed by atoms with Crippen LogP contribution in [0.1, 0.15) is 41.0 Å². The zero-order valence-electron chi connectivity index (χ0n) is 10.8. The highest BCUT2D eigenvalue weighted by atomic mass is 35.5. The molecule has 100 valence electrons. The molecule has 1 aromatic heterocycles. The van der Waals surface area contributed by atoms with Crippen molar-refractivity contribution in [1.29, 1.82) is 0 Å². The van der Waals surface area contributed by atoms with E-state index in [4.69, 9.17) is 17.3 Å². The molecule has 0 unspecified atom stereocenters. The maximum atomic E-state index is 11.6. The number of hydrogen-bond donors (Lipinski definition) is 1. The van der Waals surface area contributed by atoms with Crippen LogP contribution in [-0.4, -0.2) is 22.1 Å². The van der Waals surface area contributed by atoms with Crippen molar-refractivity contribution in [3.05, 3.63) is 23.0 Å². The van der Waals surface area contributed by atoms with Gasteiger partial charge in [0.25, 0.3) is 0 Å². The van der Waals surface area contributed by atoms with Crippen LogP contribution in [-0.2, 0) is 11.3 Å². The second-order valence-electron chi connectivity index (χ2n) is 4.42. The maximum Gasteiger partial charge on any atom is 0.217 e. The summed E-state index contributed by atoms with van der Waals surface area (Å²) in [6.45, 7) is 4.67. The molecule has 0 radical (unpaired) electrons. The first-order valence-electron chi connectivity index (χ1n) is 6.01. The molecule has 1 amide bonds. The molecular formula is C13H19ClN2O2. The minimum Gasteiger partial charge on any atom is -0.370 e. The number of nitrogens with two attached hydrogens (primary N) is 1. The molecule has 0 aliphatic heterocycles. The van der Waals surface area contributed by atoms with Crippen LogP contribution in [0.25, 0.3) is 0 Å². The Labute approximate surface area is 112 Å². The molecule has 0 aliphatic rings. The van der Waals surface area contributed by atoms with E-state index in [1.165, 1.54) is 0 Å². The van der Waals surface area contributed by atoms with Crippen LogP contribution in [0.5, 0.6) is 0 Å². The van der Waals surface area contributed by atoms with Gasteiger partial charge in [-0.25, -0.2) is 0 Å². The second kappa shape index (κ2) is 6.59. The molecule has 4 nitrogen and oxygen atoms in total. The molecule has 1 aromatic rings. The molecule has 0 aromatic carbocycles. The standard InChI is InChI=1S/C13H19ClN2O2/c1-9-7-11(12(17)8-14)10(2)16(9)6-4-3-5-13(15)18/h7H,3-6,8H2,1-2H3,(H2,15,18). The summed E-state index contributed by atoms with van der Waals surface area (Å²) >= 11 is 5.57. The Balaban J connectivity index is 2.69. The van der Waals surface area contributed by atoms with Crippen molar-refractivity contribution in [3.8, 4) is 0 Å². The number of amides is 1. The summed E-state index contributed by atoms with van der Waals surface area (Å²) in [7, 11) is 0. The number of primary amides is 1. The largest absolute Gasteiger partial charge is 0.370 e. The smallest absolute Gasteiger partial charge is 0.217 e. The lowest BCUT2D eigenvalue weighted by Gasteiger charge is -2.09. The van der Waals surface area contributed by atoms with Gasteiger partial charge >= 0.3 is 0 Å². The van der Waals surface area contributed by atoms with Crippen LogP contribution in [0.2, 0.25) is 0 Å². The highest BCUT2D eigenvalue weighted by Crippen LogP contribution is 2.17. The summed E-state index contributed by atoms with van der Waals surface area (Å²) in [4.78, 5) is 22.2. The Bertz CT molecular complexity index is 452. The number of hydrogen-bond acceptors (Lipinski definition) is 2. The summed E-state index contributed by atoms with van der Waals surface area (Å²) in [6.07, 6.45) is 2.05. The fraction of sp³-hybridized carbons (Fsp3) is 0.538. The van der Waals surface area contributed by atoms with Crippen molar-refractivity contribution in [1.82, 2.24) is 4.57 Å². The van der Waals surface area contributed by atoms with Gasteiger partial charge in [-0.05, 0) is 32.8 Å². The van der Waals surface area contributed by atoms with Gasteiger partial charge in [0.2, 0.25) is 5.91 Å². The number of Topliss-reactive ketones (excluding diaryl/α,β-unsaturated/α-hetero) is 1. The number of unbranched alkanes of at least 4 members (excludes halogenated alkanes) is 1. The molecule has 1 rings (SSSR count). The molecule has 5 heteroatoms. The average Bonchev–Trinajstić information content (AvgIpc) is 2.60. The lowest BCUT2D eigenvalue weighted by atomic mass is 10.2. The molecule has 0 saturated carbocycles. The van der Waals surface area contributed by atoms with E-state index in [1.807, 2.05) is 19.9 Å². The number of rotatable bonds is 7. The number of halogens is 1. The zero-order chi connectivity index (χ0) is 13.7. The van der Waals surface area contributed by atoms with E-state index in [2.05, 4.69) is 4.57 Å². The van der Waals surface area contributed by atoms with Gasteiger partial charge in [-0.1, -0.05) is 0 Å². The highest BCUT2D eigenvalue weighted by molar-refractivity contribution is 6.30. The van der Waals surface area contributed by atoms with Gasteiger partial charge in [-0.2, -0.15) is 0 Å². The third kappa shape index (κ3) is 3.60. The third-order valence-corrected chi connectivity index (χ3v) is 3.29. The van der Waals surface area contributed by atoms with Gasteiger partial charge in [-0.15, -0.1) is 11.6 Å². The minimum absolute atomic E-state index is 0.00592.